The van der Waals surface area contributed by atoms with Crippen LogP contribution in [0.15, 0.2) is 48.1 Å². The largest absolute Gasteiger partial charge is 0.464 e. The number of rotatable bonds is 40. The van der Waals surface area contributed by atoms with Gasteiger partial charge >= 0.3 is 11.9 Å². The lowest BCUT2D eigenvalue weighted by atomic mass is 10.1. The van der Waals surface area contributed by atoms with E-state index in [1.165, 1.54) is 69.8 Å². The Morgan fingerprint density at radius 2 is 1.05 bits per heavy atom. The molecule has 0 aliphatic carbocycles. The van der Waals surface area contributed by atoms with E-state index in [1.54, 1.807) is 4.90 Å². The maximum absolute atomic E-state index is 13.2. The fourth-order valence-corrected chi connectivity index (χ4v) is 6.38. The van der Waals surface area contributed by atoms with Crippen molar-refractivity contribution in [3.63, 3.8) is 0 Å². The maximum atomic E-state index is 13.2. The molecule has 0 aromatic rings. The highest BCUT2D eigenvalue weighted by molar-refractivity contribution is 5.81. The van der Waals surface area contributed by atoms with Crippen LogP contribution in [0.4, 0.5) is 0 Å². The molecule has 0 aromatic carbocycles. The summed E-state index contributed by atoms with van der Waals surface area (Å²) in [4.78, 5) is 39.6. The van der Waals surface area contributed by atoms with Crippen molar-refractivity contribution in [1.29, 1.82) is 0 Å². The number of allylic oxidation sites excluding steroid dienone is 8. The fraction of sp³-hybridized carbons (Fsp3) is 0.771. The van der Waals surface area contributed by atoms with E-state index < -0.39 is 6.04 Å². The molecule has 1 atom stereocenters. The number of carbonyl (C=O) groups excluding carboxylic acids is 3. The van der Waals surface area contributed by atoms with Crippen LogP contribution in [0.25, 0.3) is 0 Å². The van der Waals surface area contributed by atoms with Crippen LogP contribution in [0.3, 0.4) is 0 Å². The minimum atomic E-state index is -0.690. The molecule has 8 heteroatoms. The van der Waals surface area contributed by atoms with Crippen molar-refractivity contribution >= 4 is 17.8 Å². The molecule has 56 heavy (non-hydrogen) atoms. The Morgan fingerprint density at radius 1 is 0.589 bits per heavy atom. The highest BCUT2D eigenvalue weighted by Gasteiger charge is 2.21. The van der Waals surface area contributed by atoms with E-state index in [0.29, 0.717) is 25.7 Å². The van der Waals surface area contributed by atoms with E-state index in [9.17, 15) is 14.4 Å². The molecule has 0 spiro atoms. The van der Waals surface area contributed by atoms with E-state index in [2.05, 4.69) is 63.3 Å². The number of carbonyl (C=O) groups is 3. The van der Waals surface area contributed by atoms with Crippen molar-refractivity contribution < 1.29 is 29.0 Å². The lowest BCUT2D eigenvalue weighted by Gasteiger charge is -2.25. The van der Waals surface area contributed by atoms with Crippen LogP contribution in [-0.4, -0.2) is 66.8 Å². The molecule has 0 rings (SSSR count). The number of aliphatic hydroxyl groups is 1. The van der Waals surface area contributed by atoms with Crippen molar-refractivity contribution in [2.45, 2.75) is 207 Å². The third-order valence-corrected chi connectivity index (χ3v) is 10.0. The minimum Gasteiger partial charge on any atom is -0.464 e. The minimum absolute atomic E-state index is 0.0848. The van der Waals surface area contributed by atoms with Crippen LogP contribution in [0.2, 0.25) is 0 Å². The number of nitrogens with zero attached hydrogens (tertiary/aromatic N) is 1. The molecule has 0 saturated heterocycles. The second-order valence-corrected chi connectivity index (χ2v) is 15.5. The number of unbranched alkanes of at least 4 members (excludes halogenated alkanes) is 18. The molecule has 0 bridgehead atoms. The number of hydrogen-bond donors (Lipinski definition) is 2. The van der Waals surface area contributed by atoms with Crippen molar-refractivity contribution in [2.24, 2.45) is 5.73 Å². The van der Waals surface area contributed by atoms with Gasteiger partial charge in [0.1, 0.15) is 13.2 Å². The topological polar surface area (TPSA) is 119 Å². The summed E-state index contributed by atoms with van der Waals surface area (Å²) in [6.07, 6.45) is 44.3. The van der Waals surface area contributed by atoms with E-state index >= 15 is 0 Å². The molecule has 0 fully saturated rings. The number of esters is 2. The summed E-state index contributed by atoms with van der Waals surface area (Å²) >= 11 is 0. The Labute approximate surface area is 344 Å². The van der Waals surface area contributed by atoms with Crippen molar-refractivity contribution in [1.82, 2.24) is 4.90 Å². The molecule has 1 unspecified atom stereocenters. The van der Waals surface area contributed by atoms with Gasteiger partial charge in [0.25, 0.3) is 0 Å². The van der Waals surface area contributed by atoms with Crippen LogP contribution in [0.5, 0.6) is 0 Å². The van der Waals surface area contributed by atoms with E-state index in [-0.39, 0.29) is 50.8 Å². The fourth-order valence-electron chi connectivity index (χ4n) is 6.38. The summed E-state index contributed by atoms with van der Waals surface area (Å²) < 4.78 is 11.0. The molecule has 0 aliphatic rings. The van der Waals surface area contributed by atoms with Gasteiger partial charge in [-0.2, -0.15) is 0 Å². The van der Waals surface area contributed by atoms with E-state index in [1.807, 2.05) is 0 Å². The van der Waals surface area contributed by atoms with Crippen LogP contribution >= 0.6 is 0 Å². The van der Waals surface area contributed by atoms with Gasteiger partial charge < -0.3 is 25.2 Å². The van der Waals surface area contributed by atoms with Crippen LogP contribution in [0, 0.1) is 0 Å². The summed E-state index contributed by atoms with van der Waals surface area (Å²) in [6, 6.07) is -0.690. The van der Waals surface area contributed by atoms with Crippen LogP contribution in [0.1, 0.15) is 201 Å². The maximum Gasteiger partial charge on any atom is 0.305 e. The van der Waals surface area contributed by atoms with Gasteiger partial charge in [-0.05, 0) is 96.8 Å². The molecule has 0 aliphatic heterocycles. The molecule has 324 valence electrons. The molecule has 0 saturated carbocycles. The lowest BCUT2D eigenvalue weighted by molar-refractivity contribution is -0.148. The Morgan fingerprint density at radius 3 is 1.59 bits per heavy atom. The van der Waals surface area contributed by atoms with Crippen molar-refractivity contribution in [3.8, 4) is 0 Å². The molecule has 0 aromatic heterocycles. The average molecular weight is 787 g/mol. The van der Waals surface area contributed by atoms with Crippen molar-refractivity contribution in [2.75, 3.05) is 32.9 Å². The van der Waals surface area contributed by atoms with Crippen molar-refractivity contribution in [3.05, 3.63) is 48.1 Å². The van der Waals surface area contributed by atoms with Gasteiger partial charge in [0.05, 0.1) is 19.1 Å². The summed E-state index contributed by atoms with van der Waals surface area (Å²) in [5, 5.41) is 9.05. The molecular formula is C48H86N2O6. The Balaban J connectivity index is 4.30. The summed E-state index contributed by atoms with van der Waals surface area (Å²) in [5.41, 5.74) is 7.68. The molecule has 3 N–H and O–H groups in total. The van der Waals surface area contributed by atoms with Gasteiger partial charge in [-0.1, -0.05) is 139 Å². The second-order valence-electron chi connectivity index (χ2n) is 15.5. The highest BCUT2D eigenvalue weighted by Crippen LogP contribution is 2.12. The standard InChI is InChI=1S/C48H86N2O6/c1-4-6-8-10-11-12-13-14-15-16-17-18-22-25-31-37-46(52)55-42-39-50(48(54)45(49)36-30-27-33-41-51)40-43-56-47(53)38-32-26-23-20-19-21-24-29-35-44(3)34-28-9-7-5-2/h11-12,14-15,24,29,34,45,51H,4-10,13,16-23,25-28,30-33,35-43,49H2,1-3H3/b12-11-,15-14-,29-24-,44-34?. The first-order valence-corrected chi connectivity index (χ1v) is 22.9. The zero-order valence-corrected chi connectivity index (χ0v) is 36.5. The average Bonchev–Trinajstić information content (AvgIpc) is 3.19. The van der Waals surface area contributed by atoms with Gasteiger partial charge in [-0.25, -0.2) is 0 Å². The second kappa shape index (κ2) is 41.9. The molecular weight excluding hydrogens is 701 g/mol. The predicted molar refractivity (Wildman–Crippen MR) is 235 cm³/mol. The van der Waals surface area contributed by atoms with Gasteiger partial charge in [-0.15, -0.1) is 0 Å². The Hall–Kier alpha value is -2.71. The Kier molecular flexibility index (Phi) is 39.9. The zero-order chi connectivity index (χ0) is 41.2. The predicted octanol–water partition coefficient (Wildman–Crippen LogP) is 11.8. The number of amides is 1. The van der Waals surface area contributed by atoms with Gasteiger partial charge in [0, 0.05) is 19.4 Å². The molecule has 0 heterocycles. The third kappa shape index (κ3) is 36.9. The number of ether oxygens (including phenoxy) is 2. The van der Waals surface area contributed by atoms with E-state index in [0.717, 1.165) is 89.9 Å². The van der Waals surface area contributed by atoms with Crippen LogP contribution < -0.4 is 5.73 Å². The molecule has 8 nitrogen and oxygen atoms in total. The summed E-state index contributed by atoms with van der Waals surface area (Å²) in [5.74, 6) is -0.746. The number of hydrogen-bond acceptors (Lipinski definition) is 7. The van der Waals surface area contributed by atoms with Gasteiger partial charge in [0.15, 0.2) is 0 Å². The smallest absolute Gasteiger partial charge is 0.305 e. The first kappa shape index (κ1) is 53.3. The molecule has 1 amide bonds. The first-order valence-electron chi connectivity index (χ1n) is 22.9. The lowest BCUT2D eigenvalue weighted by Crippen LogP contribution is -2.46. The third-order valence-electron chi connectivity index (χ3n) is 10.0. The highest BCUT2D eigenvalue weighted by atomic mass is 16.5. The summed E-state index contributed by atoms with van der Waals surface area (Å²) in [6.45, 7) is 7.39. The monoisotopic (exact) mass is 787 g/mol. The quantitative estimate of drug-likeness (QED) is 0.0360. The zero-order valence-electron chi connectivity index (χ0n) is 36.5. The van der Waals surface area contributed by atoms with Gasteiger partial charge in [-0.3, -0.25) is 14.4 Å². The van der Waals surface area contributed by atoms with Crippen LogP contribution in [-0.2, 0) is 23.9 Å². The Bertz CT molecular complexity index is 1050. The number of nitrogens with two attached hydrogens (primary N) is 1. The SMILES string of the molecule is CCCCCC=C(C)C/C=C\CCCCCCCC(=O)OCCN(CCOC(=O)CCCCCCC/C=C\C/C=C\CCCCC)C(=O)C(N)CCCCCO. The number of aliphatic hydroxyl groups excluding tert-OH is 1. The van der Waals surface area contributed by atoms with E-state index in [4.69, 9.17) is 20.3 Å². The molecule has 0 radical (unpaired) electrons. The first-order chi connectivity index (χ1) is 27.3. The normalized spacial score (nSPS) is 12.6. The van der Waals surface area contributed by atoms with Gasteiger partial charge in [0.2, 0.25) is 5.91 Å². The summed E-state index contributed by atoms with van der Waals surface area (Å²) in [7, 11) is 0.